The summed E-state index contributed by atoms with van der Waals surface area (Å²) in [6, 6.07) is 8.01. The molecule has 0 aliphatic heterocycles. The second-order valence-corrected chi connectivity index (χ2v) is 5.19. The van der Waals surface area contributed by atoms with Crippen molar-refractivity contribution in [2.24, 2.45) is 0 Å². The first kappa shape index (κ1) is 14.0. The minimum absolute atomic E-state index is 0.385. The first-order chi connectivity index (χ1) is 9.42. The molecule has 1 aromatic carbocycles. The molecule has 1 heterocycles. The molecule has 2 aromatic rings. The molecule has 20 heavy (non-hydrogen) atoms. The minimum atomic E-state index is 0.385. The molecule has 0 amide bonds. The molecule has 0 bridgehead atoms. The molecule has 0 saturated carbocycles. The van der Waals surface area contributed by atoms with Crippen molar-refractivity contribution in [3.05, 3.63) is 40.6 Å². The molecule has 4 nitrogen and oxygen atoms in total. The van der Waals surface area contributed by atoms with Gasteiger partial charge in [-0.1, -0.05) is 6.07 Å². The lowest BCUT2D eigenvalue weighted by Gasteiger charge is -2.14. The number of rotatable bonds is 2. The van der Waals surface area contributed by atoms with Crippen molar-refractivity contribution in [3.8, 4) is 17.5 Å². The predicted octanol–water partition coefficient (Wildman–Crippen LogP) is 3.01. The molecule has 1 aromatic heterocycles. The highest BCUT2D eigenvalue weighted by Gasteiger charge is 2.11. The van der Waals surface area contributed by atoms with E-state index >= 15 is 0 Å². The molecule has 0 unspecified atom stereocenters. The lowest BCUT2D eigenvalue weighted by molar-refractivity contribution is 1.03. The fraction of sp³-hybridized carbons (Fsp3) is 0.312. The third-order valence-corrected chi connectivity index (χ3v) is 3.37. The van der Waals surface area contributed by atoms with Crippen LogP contribution in [0.1, 0.15) is 22.4 Å². The molecule has 4 heteroatoms. The summed E-state index contributed by atoms with van der Waals surface area (Å²) in [6.07, 6.45) is 0. The Morgan fingerprint density at radius 3 is 2.20 bits per heavy atom. The van der Waals surface area contributed by atoms with Gasteiger partial charge in [0.15, 0.2) is 5.82 Å². The van der Waals surface area contributed by atoms with Gasteiger partial charge in [0.05, 0.1) is 0 Å². The van der Waals surface area contributed by atoms with Gasteiger partial charge in [-0.25, -0.2) is 9.97 Å². The number of anilines is 1. The second-order valence-electron chi connectivity index (χ2n) is 5.19. The van der Waals surface area contributed by atoms with Gasteiger partial charge in [-0.15, -0.1) is 0 Å². The van der Waals surface area contributed by atoms with Crippen molar-refractivity contribution < 1.29 is 0 Å². The van der Waals surface area contributed by atoms with Gasteiger partial charge in [0.1, 0.15) is 17.6 Å². The quantitative estimate of drug-likeness (QED) is 0.838. The zero-order valence-corrected chi connectivity index (χ0v) is 12.5. The van der Waals surface area contributed by atoms with Crippen molar-refractivity contribution in [1.29, 1.82) is 5.26 Å². The maximum absolute atomic E-state index is 9.12. The van der Waals surface area contributed by atoms with Crippen LogP contribution in [0, 0.1) is 32.1 Å². The molecule has 0 atom stereocenters. The van der Waals surface area contributed by atoms with E-state index in [1.54, 1.807) is 6.07 Å². The largest absolute Gasteiger partial charge is 0.363 e. The highest BCUT2D eigenvalue weighted by Crippen LogP contribution is 2.25. The number of aryl methyl sites for hydroxylation is 3. The van der Waals surface area contributed by atoms with Crippen molar-refractivity contribution >= 4 is 5.82 Å². The van der Waals surface area contributed by atoms with Gasteiger partial charge in [-0.2, -0.15) is 5.26 Å². The average molecular weight is 266 g/mol. The Morgan fingerprint density at radius 2 is 1.60 bits per heavy atom. The Morgan fingerprint density at radius 1 is 0.950 bits per heavy atom. The van der Waals surface area contributed by atoms with Crippen LogP contribution in [0.15, 0.2) is 18.2 Å². The van der Waals surface area contributed by atoms with Crippen molar-refractivity contribution in [1.82, 2.24) is 9.97 Å². The summed E-state index contributed by atoms with van der Waals surface area (Å²) in [5.41, 5.74) is 4.93. The summed E-state index contributed by atoms with van der Waals surface area (Å²) in [5, 5.41) is 9.12. The summed E-state index contributed by atoms with van der Waals surface area (Å²) >= 11 is 0. The smallest absolute Gasteiger partial charge is 0.163 e. The van der Waals surface area contributed by atoms with E-state index in [0.717, 1.165) is 16.9 Å². The Bertz CT molecular complexity index is 696. The van der Waals surface area contributed by atoms with Crippen LogP contribution in [0.25, 0.3) is 11.4 Å². The predicted molar refractivity (Wildman–Crippen MR) is 80.7 cm³/mol. The fourth-order valence-corrected chi connectivity index (χ4v) is 2.04. The molecule has 0 radical (unpaired) electrons. The highest BCUT2D eigenvalue weighted by atomic mass is 15.1. The maximum Gasteiger partial charge on any atom is 0.163 e. The van der Waals surface area contributed by atoms with Gasteiger partial charge in [0, 0.05) is 25.7 Å². The Hall–Kier alpha value is -2.41. The summed E-state index contributed by atoms with van der Waals surface area (Å²) < 4.78 is 0. The van der Waals surface area contributed by atoms with E-state index in [2.05, 4.69) is 42.0 Å². The molecule has 0 spiro atoms. The monoisotopic (exact) mass is 266 g/mol. The van der Waals surface area contributed by atoms with E-state index < -0.39 is 0 Å². The minimum Gasteiger partial charge on any atom is -0.363 e. The molecule has 0 fully saturated rings. The van der Waals surface area contributed by atoms with Crippen molar-refractivity contribution in [2.45, 2.75) is 20.8 Å². The van der Waals surface area contributed by atoms with E-state index in [0.29, 0.717) is 11.5 Å². The van der Waals surface area contributed by atoms with Crippen LogP contribution >= 0.6 is 0 Å². The number of nitrogens with zero attached hydrogens (tertiary/aromatic N) is 4. The lowest BCUT2D eigenvalue weighted by Crippen LogP contribution is -2.12. The van der Waals surface area contributed by atoms with Gasteiger partial charge in [-0.05, 0) is 43.5 Å². The van der Waals surface area contributed by atoms with Gasteiger partial charge in [0.25, 0.3) is 0 Å². The molecule has 0 N–H and O–H groups in total. The van der Waals surface area contributed by atoms with E-state index in [1.807, 2.05) is 25.9 Å². The molecule has 0 aliphatic rings. The Kier molecular flexibility index (Phi) is 3.71. The standard InChI is InChI=1S/C16H18N4/c1-10-6-12(3)14(7-11(10)2)16-18-13(9-17)8-15(19-16)20(4)5/h6-8H,1-5H3. The highest BCUT2D eigenvalue weighted by molar-refractivity contribution is 5.64. The van der Waals surface area contributed by atoms with Crippen LogP contribution in [0.5, 0.6) is 0 Å². The number of benzene rings is 1. The lowest BCUT2D eigenvalue weighted by atomic mass is 10.0. The molecule has 102 valence electrons. The van der Waals surface area contributed by atoms with Crippen LogP contribution in [-0.2, 0) is 0 Å². The normalized spacial score (nSPS) is 10.2. The van der Waals surface area contributed by atoms with E-state index in [-0.39, 0.29) is 0 Å². The molecular formula is C16H18N4. The molecule has 0 aliphatic carbocycles. The van der Waals surface area contributed by atoms with Gasteiger partial charge < -0.3 is 4.90 Å². The first-order valence-corrected chi connectivity index (χ1v) is 6.47. The topological polar surface area (TPSA) is 52.8 Å². The van der Waals surface area contributed by atoms with E-state index in [1.165, 1.54) is 11.1 Å². The van der Waals surface area contributed by atoms with Crippen LogP contribution in [0.3, 0.4) is 0 Å². The van der Waals surface area contributed by atoms with Gasteiger partial charge in [0.2, 0.25) is 0 Å². The molecule has 2 rings (SSSR count). The fourth-order valence-electron chi connectivity index (χ4n) is 2.04. The van der Waals surface area contributed by atoms with Gasteiger partial charge >= 0.3 is 0 Å². The van der Waals surface area contributed by atoms with Crippen molar-refractivity contribution in [2.75, 3.05) is 19.0 Å². The van der Waals surface area contributed by atoms with E-state index in [4.69, 9.17) is 5.26 Å². The second kappa shape index (κ2) is 5.30. The third-order valence-electron chi connectivity index (χ3n) is 3.37. The first-order valence-electron chi connectivity index (χ1n) is 6.47. The molecule has 0 saturated heterocycles. The van der Waals surface area contributed by atoms with Crippen LogP contribution in [-0.4, -0.2) is 24.1 Å². The Balaban J connectivity index is 2.66. The Labute approximate surface area is 119 Å². The van der Waals surface area contributed by atoms with Crippen molar-refractivity contribution in [3.63, 3.8) is 0 Å². The maximum atomic E-state index is 9.12. The summed E-state index contributed by atoms with van der Waals surface area (Å²) in [4.78, 5) is 10.8. The summed E-state index contributed by atoms with van der Waals surface area (Å²) in [7, 11) is 3.81. The zero-order chi connectivity index (χ0) is 14.9. The number of aromatic nitrogens is 2. The third kappa shape index (κ3) is 2.62. The summed E-state index contributed by atoms with van der Waals surface area (Å²) in [5.74, 6) is 1.34. The van der Waals surface area contributed by atoms with Gasteiger partial charge in [-0.3, -0.25) is 0 Å². The number of hydrogen-bond donors (Lipinski definition) is 0. The van der Waals surface area contributed by atoms with E-state index in [9.17, 15) is 0 Å². The summed E-state index contributed by atoms with van der Waals surface area (Å²) in [6.45, 7) is 6.20. The number of hydrogen-bond acceptors (Lipinski definition) is 4. The van der Waals surface area contributed by atoms with Crippen LogP contribution < -0.4 is 4.90 Å². The number of nitriles is 1. The van der Waals surface area contributed by atoms with Crippen LogP contribution in [0.4, 0.5) is 5.82 Å². The zero-order valence-electron chi connectivity index (χ0n) is 12.5. The van der Waals surface area contributed by atoms with Crippen LogP contribution in [0.2, 0.25) is 0 Å². The average Bonchev–Trinajstić information content (AvgIpc) is 2.42. The SMILES string of the molecule is Cc1cc(C)c(-c2nc(C#N)cc(N(C)C)n2)cc1C. The molecular weight excluding hydrogens is 248 g/mol.